The number of hydrogen-bond donors (Lipinski definition) is 1. The molecule has 1 saturated heterocycles. The smallest absolute Gasteiger partial charge is 0.351 e. The lowest BCUT2D eigenvalue weighted by molar-refractivity contribution is -0.119. The number of nitrogens with one attached hydrogen (secondary N) is 1. The van der Waals surface area contributed by atoms with Crippen LogP contribution in [0, 0.1) is 0 Å². The summed E-state index contributed by atoms with van der Waals surface area (Å²) in [5.41, 5.74) is 3.42. The number of carbonyl (C=O) groups is 1. The number of halogens is 2. The number of hydrogen-bond acceptors (Lipinski definition) is 4. The Bertz CT molecular complexity index is 1340. The molecule has 2 aromatic carbocycles. The highest BCUT2D eigenvalue weighted by atomic mass is 35.5. The Morgan fingerprint density at radius 3 is 2.23 bits per heavy atom. The van der Waals surface area contributed by atoms with Crippen molar-refractivity contribution in [1.82, 2.24) is 24.7 Å². The molecule has 1 atom stereocenters. The van der Waals surface area contributed by atoms with Crippen molar-refractivity contribution in [3.8, 4) is 22.3 Å². The molecule has 0 radical (unpaired) electrons. The third kappa shape index (κ3) is 3.71. The van der Waals surface area contributed by atoms with Crippen molar-refractivity contribution in [3.05, 3.63) is 75.3 Å². The predicted molar refractivity (Wildman–Crippen MR) is 119 cm³/mol. The lowest BCUT2D eigenvalue weighted by Crippen LogP contribution is -2.34. The van der Waals surface area contributed by atoms with Gasteiger partial charge in [0.25, 0.3) is 0 Å². The molecule has 1 unspecified atom stereocenters. The summed E-state index contributed by atoms with van der Waals surface area (Å²) in [4.78, 5) is 24.5. The lowest BCUT2D eigenvalue weighted by Gasteiger charge is -2.11. The average Bonchev–Trinajstić information content (AvgIpc) is 3.32. The van der Waals surface area contributed by atoms with Gasteiger partial charge in [-0.15, -0.1) is 5.10 Å². The first-order valence-electron chi connectivity index (χ1n) is 9.80. The van der Waals surface area contributed by atoms with E-state index in [1.165, 1.54) is 9.20 Å². The molecule has 0 spiro atoms. The van der Waals surface area contributed by atoms with Crippen molar-refractivity contribution in [3.63, 3.8) is 0 Å². The van der Waals surface area contributed by atoms with Gasteiger partial charge in [0.15, 0.2) is 5.65 Å². The molecular formula is C22H17Cl2N5O2. The first kappa shape index (κ1) is 19.8. The van der Waals surface area contributed by atoms with E-state index in [9.17, 15) is 9.59 Å². The lowest BCUT2D eigenvalue weighted by atomic mass is 9.97. The number of benzene rings is 2. The van der Waals surface area contributed by atoms with E-state index in [-0.39, 0.29) is 17.6 Å². The van der Waals surface area contributed by atoms with Crippen LogP contribution in [0.1, 0.15) is 12.8 Å². The SMILES string of the molecule is O=C1CCC(Cn2nc3c(-c4ccc(Cl)cc4)c(-c4ccc(Cl)cc4)cnn3c2=O)N1. The van der Waals surface area contributed by atoms with E-state index in [0.717, 1.165) is 22.3 Å². The van der Waals surface area contributed by atoms with Gasteiger partial charge in [-0.1, -0.05) is 47.5 Å². The molecule has 1 N–H and O–H groups in total. The van der Waals surface area contributed by atoms with Gasteiger partial charge in [-0.25, -0.2) is 9.48 Å². The second-order valence-corrected chi connectivity index (χ2v) is 8.32. The summed E-state index contributed by atoms with van der Waals surface area (Å²) < 4.78 is 2.66. The Hall–Kier alpha value is -3.16. The van der Waals surface area contributed by atoms with Gasteiger partial charge in [-0.2, -0.15) is 9.61 Å². The predicted octanol–water partition coefficient (Wildman–Crippen LogP) is 3.81. The number of fused-ring (bicyclic) bond motifs is 1. The molecule has 4 aromatic rings. The van der Waals surface area contributed by atoms with Crippen LogP contribution in [-0.2, 0) is 11.3 Å². The molecule has 3 heterocycles. The van der Waals surface area contributed by atoms with Crippen LogP contribution >= 0.6 is 23.2 Å². The summed E-state index contributed by atoms with van der Waals surface area (Å²) in [6, 6.07) is 14.7. The Morgan fingerprint density at radius 1 is 0.968 bits per heavy atom. The standard InChI is InChI=1S/C22H17Cl2N5O2/c23-15-5-1-13(2-6-15)18-11-25-29-21(20(18)14-3-7-16(24)8-4-14)27-28(22(29)31)12-17-9-10-19(30)26-17/h1-8,11,17H,9-10,12H2,(H,26,30). The van der Waals surface area contributed by atoms with Crippen molar-refractivity contribution >= 4 is 34.8 Å². The molecule has 1 fully saturated rings. The van der Waals surface area contributed by atoms with E-state index < -0.39 is 0 Å². The molecule has 1 aliphatic rings. The highest BCUT2D eigenvalue weighted by Crippen LogP contribution is 2.35. The van der Waals surface area contributed by atoms with Gasteiger partial charge >= 0.3 is 5.69 Å². The molecule has 156 valence electrons. The number of aromatic nitrogens is 4. The first-order valence-corrected chi connectivity index (χ1v) is 10.6. The Morgan fingerprint density at radius 2 is 1.61 bits per heavy atom. The minimum Gasteiger partial charge on any atom is -0.351 e. The zero-order valence-corrected chi connectivity index (χ0v) is 17.8. The quantitative estimate of drug-likeness (QED) is 0.509. The van der Waals surface area contributed by atoms with Gasteiger partial charge < -0.3 is 5.32 Å². The molecule has 1 aliphatic heterocycles. The van der Waals surface area contributed by atoms with E-state index in [4.69, 9.17) is 23.2 Å². The van der Waals surface area contributed by atoms with E-state index in [2.05, 4.69) is 15.5 Å². The normalized spacial score (nSPS) is 16.1. The van der Waals surface area contributed by atoms with E-state index >= 15 is 0 Å². The van der Waals surface area contributed by atoms with Crippen LogP contribution in [0.25, 0.3) is 27.9 Å². The van der Waals surface area contributed by atoms with Gasteiger partial charge in [0.2, 0.25) is 5.91 Å². The van der Waals surface area contributed by atoms with Crippen molar-refractivity contribution in [2.75, 3.05) is 0 Å². The van der Waals surface area contributed by atoms with Gasteiger partial charge in [0.1, 0.15) is 0 Å². The number of nitrogens with zero attached hydrogens (tertiary/aromatic N) is 4. The van der Waals surface area contributed by atoms with Gasteiger partial charge in [-0.05, 0) is 41.8 Å². The van der Waals surface area contributed by atoms with Crippen molar-refractivity contribution < 1.29 is 4.79 Å². The fraction of sp³-hybridized carbons (Fsp3) is 0.182. The van der Waals surface area contributed by atoms with Gasteiger partial charge in [0, 0.05) is 33.6 Å². The summed E-state index contributed by atoms with van der Waals surface area (Å²) in [5, 5.41) is 13.1. The highest BCUT2D eigenvalue weighted by Gasteiger charge is 2.24. The topological polar surface area (TPSA) is 81.3 Å². The van der Waals surface area contributed by atoms with Gasteiger partial charge in [-0.3, -0.25) is 4.79 Å². The Balaban J connectivity index is 1.71. The molecule has 1 amide bonds. The third-order valence-electron chi connectivity index (χ3n) is 5.38. The maximum atomic E-state index is 13.0. The van der Waals surface area contributed by atoms with E-state index in [1.54, 1.807) is 30.5 Å². The van der Waals surface area contributed by atoms with Crippen LogP contribution in [0.5, 0.6) is 0 Å². The second kappa shape index (κ2) is 7.83. The summed E-state index contributed by atoms with van der Waals surface area (Å²) >= 11 is 12.2. The molecule has 5 rings (SSSR count). The fourth-order valence-electron chi connectivity index (χ4n) is 3.85. The molecule has 0 saturated carbocycles. The van der Waals surface area contributed by atoms with Crippen LogP contribution in [0.3, 0.4) is 0 Å². The van der Waals surface area contributed by atoms with Gasteiger partial charge in [0.05, 0.1) is 12.7 Å². The van der Waals surface area contributed by atoms with Crippen LogP contribution in [0.2, 0.25) is 10.0 Å². The van der Waals surface area contributed by atoms with Crippen molar-refractivity contribution in [2.45, 2.75) is 25.4 Å². The number of rotatable bonds is 4. The molecular weight excluding hydrogens is 437 g/mol. The average molecular weight is 454 g/mol. The molecule has 2 aromatic heterocycles. The number of carbonyl (C=O) groups excluding carboxylic acids is 1. The Labute approximate surface area is 187 Å². The van der Waals surface area contributed by atoms with Crippen LogP contribution in [0.15, 0.2) is 59.5 Å². The van der Waals surface area contributed by atoms with E-state index in [0.29, 0.717) is 35.1 Å². The molecule has 31 heavy (non-hydrogen) atoms. The minimum absolute atomic E-state index is 0.00758. The zero-order valence-electron chi connectivity index (χ0n) is 16.3. The van der Waals surface area contributed by atoms with Crippen molar-refractivity contribution in [1.29, 1.82) is 0 Å². The second-order valence-electron chi connectivity index (χ2n) is 7.45. The third-order valence-corrected chi connectivity index (χ3v) is 5.88. The maximum absolute atomic E-state index is 13.0. The summed E-state index contributed by atoms with van der Waals surface area (Å²) in [6.07, 6.45) is 2.79. The first-order chi connectivity index (χ1) is 15.0. The molecule has 7 nitrogen and oxygen atoms in total. The summed E-state index contributed by atoms with van der Waals surface area (Å²) in [7, 11) is 0. The Kier molecular flexibility index (Phi) is 5.00. The zero-order chi connectivity index (χ0) is 21.5. The molecule has 0 aliphatic carbocycles. The fourth-order valence-corrected chi connectivity index (χ4v) is 4.10. The van der Waals surface area contributed by atoms with Crippen molar-refractivity contribution in [2.24, 2.45) is 0 Å². The summed E-state index contributed by atoms with van der Waals surface area (Å²) in [6.45, 7) is 0.296. The maximum Gasteiger partial charge on any atom is 0.367 e. The number of amides is 1. The molecule has 9 heteroatoms. The molecule has 0 bridgehead atoms. The monoisotopic (exact) mass is 453 g/mol. The van der Waals surface area contributed by atoms with E-state index in [1.807, 2.05) is 24.3 Å². The van der Waals surface area contributed by atoms with Crippen LogP contribution in [-0.4, -0.2) is 31.3 Å². The largest absolute Gasteiger partial charge is 0.367 e. The highest BCUT2D eigenvalue weighted by molar-refractivity contribution is 6.31. The van der Waals surface area contributed by atoms with Crippen LogP contribution in [0.4, 0.5) is 0 Å². The van der Waals surface area contributed by atoms with Crippen LogP contribution < -0.4 is 11.0 Å². The summed E-state index contributed by atoms with van der Waals surface area (Å²) in [5.74, 6) is -0.00758. The minimum atomic E-state index is -0.353.